The zero-order chi connectivity index (χ0) is 15.0. The van der Waals surface area contributed by atoms with E-state index in [2.05, 4.69) is 20.9 Å². The van der Waals surface area contributed by atoms with Crippen molar-refractivity contribution in [3.05, 3.63) is 57.5 Å². The average Bonchev–Trinajstić information content (AvgIpc) is 2.78. The van der Waals surface area contributed by atoms with Crippen LogP contribution in [0.5, 0.6) is 0 Å². The van der Waals surface area contributed by atoms with Crippen LogP contribution >= 0.6 is 39.1 Å². The van der Waals surface area contributed by atoms with Gasteiger partial charge in [-0.1, -0.05) is 11.6 Å². The van der Waals surface area contributed by atoms with Crippen molar-refractivity contribution < 1.29 is 4.39 Å². The van der Waals surface area contributed by atoms with Crippen molar-refractivity contribution in [1.82, 2.24) is 9.55 Å². The summed E-state index contributed by atoms with van der Waals surface area (Å²) >= 11 is 15.0. The van der Waals surface area contributed by atoms with Gasteiger partial charge < -0.3 is 0 Å². The molecule has 0 spiro atoms. The van der Waals surface area contributed by atoms with E-state index in [1.807, 2.05) is 28.8 Å². The predicted octanol–water partition coefficient (Wildman–Crippen LogP) is 5.36. The Labute approximate surface area is 139 Å². The number of rotatable bonds is 3. The number of aryl methyl sites for hydroxylation is 1. The van der Waals surface area contributed by atoms with Crippen molar-refractivity contribution in [3.63, 3.8) is 0 Å². The predicted molar refractivity (Wildman–Crippen MR) is 88.2 cm³/mol. The molecule has 2 nitrogen and oxygen atoms in total. The number of aromatic nitrogens is 2. The third kappa shape index (κ3) is 2.80. The van der Waals surface area contributed by atoms with Crippen molar-refractivity contribution in [1.29, 1.82) is 0 Å². The number of halogens is 4. The Morgan fingerprint density at radius 3 is 2.57 bits per heavy atom. The summed E-state index contributed by atoms with van der Waals surface area (Å²) in [5, 5.41) is 0.661. The first-order valence-corrected chi connectivity index (χ1v) is 7.99. The molecule has 108 valence electrons. The number of hydrogen-bond donors (Lipinski definition) is 0. The van der Waals surface area contributed by atoms with Gasteiger partial charge in [-0.05, 0) is 46.3 Å². The molecule has 0 radical (unpaired) electrons. The summed E-state index contributed by atoms with van der Waals surface area (Å²) in [4.78, 5) is 4.49. The number of imidazole rings is 1. The standard InChI is InChI=1S/C15H10BrCl2FN2/c16-11-7-14-13(8-12(11)19)20-15(5-6-17)21(14)10-3-1-9(18)2-4-10/h1-4,7-8H,5-6H2. The molecule has 6 heteroatoms. The first-order chi connectivity index (χ1) is 10.1. The summed E-state index contributed by atoms with van der Waals surface area (Å²) in [6.07, 6.45) is 0.595. The van der Waals surface area contributed by atoms with Crippen LogP contribution in [-0.2, 0) is 6.42 Å². The van der Waals surface area contributed by atoms with Crippen LogP contribution < -0.4 is 0 Å². The Hall–Kier alpha value is -1.10. The van der Waals surface area contributed by atoms with Crippen LogP contribution in [0.2, 0.25) is 5.02 Å². The molecule has 2 aromatic carbocycles. The fraction of sp³-hybridized carbons (Fsp3) is 0.133. The van der Waals surface area contributed by atoms with Gasteiger partial charge in [0.25, 0.3) is 0 Å². The van der Waals surface area contributed by atoms with Gasteiger partial charge in [0.2, 0.25) is 0 Å². The summed E-state index contributed by atoms with van der Waals surface area (Å²) in [6.45, 7) is 0. The van der Waals surface area contributed by atoms with E-state index in [1.54, 1.807) is 6.07 Å². The quantitative estimate of drug-likeness (QED) is 0.553. The molecule has 0 saturated carbocycles. The minimum absolute atomic E-state index is 0.333. The lowest BCUT2D eigenvalue weighted by Gasteiger charge is -2.09. The van der Waals surface area contributed by atoms with Crippen molar-refractivity contribution in [2.24, 2.45) is 0 Å². The van der Waals surface area contributed by atoms with Crippen LogP contribution in [0.3, 0.4) is 0 Å². The molecule has 0 amide bonds. The molecule has 0 aliphatic rings. The van der Waals surface area contributed by atoms with Gasteiger partial charge in [0.1, 0.15) is 11.6 Å². The monoisotopic (exact) mass is 386 g/mol. The highest BCUT2D eigenvalue weighted by atomic mass is 79.9. The largest absolute Gasteiger partial charge is 0.296 e. The molecule has 0 bridgehead atoms. The second-order valence-electron chi connectivity index (χ2n) is 4.53. The molecule has 1 heterocycles. The molecule has 0 aliphatic carbocycles. The van der Waals surface area contributed by atoms with Gasteiger partial charge in [0.15, 0.2) is 0 Å². The molecule has 0 saturated heterocycles. The lowest BCUT2D eigenvalue weighted by atomic mass is 10.2. The minimum atomic E-state index is -0.333. The average molecular weight is 388 g/mol. The molecule has 3 rings (SSSR count). The lowest BCUT2D eigenvalue weighted by molar-refractivity contribution is 0.623. The maximum Gasteiger partial charge on any atom is 0.139 e. The normalized spacial score (nSPS) is 11.2. The van der Waals surface area contributed by atoms with E-state index in [9.17, 15) is 4.39 Å². The van der Waals surface area contributed by atoms with Crippen LogP contribution in [0.25, 0.3) is 16.7 Å². The summed E-state index contributed by atoms with van der Waals surface area (Å²) in [6, 6.07) is 10.6. The number of benzene rings is 2. The molecule has 0 unspecified atom stereocenters. The molecule has 0 N–H and O–H groups in total. The molecular formula is C15H10BrCl2FN2. The smallest absolute Gasteiger partial charge is 0.139 e. The zero-order valence-electron chi connectivity index (χ0n) is 10.8. The SMILES string of the molecule is Fc1cc2nc(CCCl)n(-c3ccc(Cl)cc3)c2cc1Br. The van der Waals surface area contributed by atoms with Gasteiger partial charge in [-0.2, -0.15) is 0 Å². The van der Waals surface area contributed by atoms with Crippen LogP contribution in [0, 0.1) is 5.82 Å². The number of hydrogen-bond acceptors (Lipinski definition) is 1. The topological polar surface area (TPSA) is 17.8 Å². The summed E-state index contributed by atoms with van der Waals surface area (Å²) < 4.78 is 16.1. The van der Waals surface area contributed by atoms with Crippen LogP contribution in [-0.4, -0.2) is 15.4 Å². The third-order valence-corrected chi connectivity index (χ3v) is 4.22. The fourth-order valence-corrected chi connectivity index (χ4v) is 2.88. The van der Waals surface area contributed by atoms with E-state index in [1.165, 1.54) is 6.07 Å². The molecule has 1 aromatic heterocycles. The number of fused-ring (bicyclic) bond motifs is 1. The van der Waals surface area contributed by atoms with E-state index in [4.69, 9.17) is 23.2 Å². The number of nitrogens with zero attached hydrogens (tertiary/aromatic N) is 2. The zero-order valence-corrected chi connectivity index (χ0v) is 13.9. The van der Waals surface area contributed by atoms with Crippen LogP contribution in [0.1, 0.15) is 5.82 Å². The second-order valence-corrected chi connectivity index (χ2v) is 6.20. The fourth-order valence-electron chi connectivity index (χ4n) is 2.25. The summed E-state index contributed by atoms with van der Waals surface area (Å²) in [5.41, 5.74) is 2.34. The van der Waals surface area contributed by atoms with E-state index in [-0.39, 0.29) is 5.82 Å². The Morgan fingerprint density at radius 1 is 1.19 bits per heavy atom. The van der Waals surface area contributed by atoms with Crippen molar-refractivity contribution in [2.75, 3.05) is 5.88 Å². The van der Waals surface area contributed by atoms with Crippen LogP contribution in [0.15, 0.2) is 40.9 Å². The Bertz CT molecular complexity index is 800. The molecule has 0 aliphatic heterocycles. The molecule has 0 atom stereocenters. The van der Waals surface area contributed by atoms with Gasteiger partial charge in [0.05, 0.1) is 15.5 Å². The Balaban J connectivity index is 2.29. The molecule has 0 fully saturated rings. The second kappa shape index (κ2) is 5.95. The third-order valence-electron chi connectivity index (χ3n) is 3.17. The first kappa shape index (κ1) is 14.8. The first-order valence-electron chi connectivity index (χ1n) is 6.28. The Kier molecular flexibility index (Phi) is 4.20. The highest BCUT2D eigenvalue weighted by Gasteiger charge is 2.14. The van der Waals surface area contributed by atoms with Gasteiger partial charge in [-0.15, -0.1) is 11.6 Å². The van der Waals surface area contributed by atoms with E-state index >= 15 is 0 Å². The lowest BCUT2D eigenvalue weighted by Crippen LogP contribution is -2.02. The van der Waals surface area contributed by atoms with E-state index in [0.717, 1.165) is 17.0 Å². The molecule has 21 heavy (non-hydrogen) atoms. The van der Waals surface area contributed by atoms with Gasteiger partial charge in [-0.3, -0.25) is 4.57 Å². The van der Waals surface area contributed by atoms with Gasteiger partial charge in [-0.25, -0.2) is 9.37 Å². The molecular weight excluding hydrogens is 378 g/mol. The molecule has 3 aromatic rings. The highest BCUT2D eigenvalue weighted by molar-refractivity contribution is 9.10. The maximum absolute atomic E-state index is 13.7. The summed E-state index contributed by atoms with van der Waals surface area (Å²) in [5.74, 6) is 0.904. The number of alkyl halides is 1. The van der Waals surface area contributed by atoms with Crippen LogP contribution in [0.4, 0.5) is 4.39 Å². The van der Waals surface area contributed by atoms with Gasteiger partial charge in [0, 0.05) is 29.1 Å². The Morgan fingerprint density at radius 2 is 1.90 bits per heavy atom. The summed E-state index contributed by atoms with van der Waals surface area (Å²) in [7, 11) is 0. The highest BCUT2D eigenvalue weighted by Crippen LogP contribution is 2.27. The van der Waals surface area contributed by atoms with E-state index in [0.29, 0.717) is 27.3 Å². The minimum Gasteiger partial charge on any atom is -0.296 e. The maximum atomic E-state index is 13.7. The van der Waals surface area contributed by atoms with Crippen molar-refractivity contribution >= 4 is 50.2 Å². The van der Waals surface area contributed by atoms with Crippen molar-refractivity contribution in [3.8, 4) is 5.69 Å². The van der Waals surface area contributed by atoms with Gasteiger partial charge >= 0.3 is 0 Å². The van der Waals surface area contributed by atoms with Crippen molar-refractivity contribution in [2.45, 2.75) is 6.42 Å². The van der Waals surface area contributed by atoms with E-state index < -0.39 is 0 Å².